The van der Waals surface area contributed by atoms with Gasteiger partial charge in [0.2, 0.25) is 0 Å². The molecule has 3 atom stereocenters. The number of nitrogens with zero attached hydrogens (tertiary/aromatic N) is 1. The summed E-state index contributed by atoms with van der Waals surface area (Å²) in [4.78, 5) is 12.1. The van der Waals surface area contributed by atoms with Gasteiger partial charge in [-0.25, -0.2) is 9.69 Å². The van der Waals surface area contributed by atoms with Crippen LogP contribution >= 0.6 is 0 Å². The maximum atomic E-state index is 10.6. The molecule has 7 nitrogen and oxygen atoms in total. The topological polar surface area (TPSA) is 117 Å². The van der Waals surface area contributed by atoms with E-state index in [-0.39, 0.29) is 12.2 Å². The van der Waals surface area contributed by atoms with Crippen molar-refractivity contribution in [2.75, 3.05) is 13.6 Å². The van der Waals surface area contributed by atoms with Crippen molar-refractivity contribution < 1.29 is 9.90 Å². The van der Waals surface area contributed by atoms with Crippen molar-refractivity contribution in [1.29, 1.82) is 0 Å². The molecule has 1 rings (SSSR count). The van der Waals surface area contributed by atoms with Crippen LogP contribution in [0, 0.1) is 0 Å². The Morgan fingerprint density at radius 3 is 2.85 bits per heavy atom. The van der Waals surface area contributed by atoms with Crippen LogP contribution in [0.15, 0.2) is 0 Å². The minimum absolute atomic E-state index is 0.188. The van der Waals surface area contributed by atoms with Gasteiger partial charge in [-0.3, -0.25) is 5.32 Å². The average Bonchev–Trinajstić information content (AvgIpc) is 2.31. The van der Waals surface area contributed by atoms with Crippen LogP contribution in [0.25, 0.3) is 0 Å². The van der Waals surface area contributed by atoms with Crippen LogP contribution in [0.5, 0.6) is 0 Å². The lowest BCUT2D eigenvalue weighted by molar-refractivity contribution is 0.0197. The number of nitrogens with one attached hydrogen (secondary N) is 2. The molecule has 0 spiro atoms. The van der Waals surface area contributed by atoms with Crippen LogP contribution in [0.1, 0.15) is 0 Å². The number of hydrogen-bond acceptors (Lipinski definition) is 5. The van der Waals surface area contributed by atoms with Crippen LogP contribution in [-0.2, 0) is 0 Å². The van der Waals surface area contributed by atoms with Crippen LogP contribution in [0.2, 0.25) is 0 Å². The highest BCUT2D eigenvalue weighted by molar-refractivity contribution is 5.72. The van der Waals surface area contributed by atoms with E-state index in [1.807, 2.05) is 0 Å². The maximum Gasteiger partial charge on any atom is 0.313 e. The fraction of sp³-hybridized carbons (Fsp3) is 0.833. The van der Waals surface area contributed by atoms with Gasteiger partial charge in [-0.15, -0.1) is 0 Å². The molecule has 0 aromatic carbocycles. The molecule has 0 bridgehead atoms. The Bertz CT molecular complexity index is 199. The Kier molecular flexibility index (Phi) is 3.04. The van der Waals surface area contributed by atoms with Crippen molar-refractivity contribution in [2.24, 2.45) is 11.5 Å². The molecule has 0 aromatic heterocycles. The second-order valence-electron chi connectivity index (χ2n) is 3.00. The number of likely N-dealkylation sites (N-methyl/N-ethyl adjacent to an activating group) is 1. The number of carbonyl (C=O) groups is 1. The minimum Gasteiger partial charge on any atom is -0.365 e. The lowest BCUT2D eigenvalue weighted by Gasteiger charge is -2.23. The molecule has 1 heterocycles. The fourth-order valence-corrected chi connectivity index (χ4v) is 1.38. The van der Waals surface area contributed by atoms with Crippen molar-refractivity contribution in [3.8, 4) is 0 Å². The number of aliphatic hydroxyl groups is 1. The van der Waals surface area contributed by atoms with E-state index in [2.05, 4.69) is 10.6 Å². The smallest absolute Gasteiger partial charge is 0.313 e. The highest BCUT2D eigenvalue weighted by Crippen LogP contribution is 2.09. The number of hydrogen-bond donors (Lipinski definition) is 5. The summed E-state index contributed by atoms with van der Waals surface area (Å²) in [5.74, 6) is 0. The van der Waals surface area contributed by atoms with E-state index in [1.54, 1.807) is 11.9 Å². The summed E-state index contributed by atoms with van der Waals surface area (Å²) in [6.45, 7) is 0.312. The van der Waals surface area contributed by atoms with Crippen LogP contribution in [0.4, 0.5) is 4.79 Å². The second-order valence-corrected chi connectivity index (χ2v) is 3.00. The molecule has 1 saturated heterocycles. The first kappa shape index (κ1) is 10.2. The lowest BCUT2D eigenvalue weighted by Crippen LogP contribution is -2.53. The normalized spacial score (nSPS) is 34.8. The Balaban J connectivity index is 2.62. The third-order valence-electron chi connectivity index (χ3n) is 2.11. The van der Waals surface area contributed by atoms with Gasteiger partial charge in [-0.2, -0.15) is 0 Å². The molecule has 3 unspecified atom stereocenters. The third-order valence-corrected chi connectivity index (χ3v) is 2.11. The second kappa shape index (κ2) is 3.88. The molecule has 0 aliphatic carbocycles. The zero-order valence-electron chi connectivity index (χ0n) is 7.40. The zero-order valence-corrected chi connectivity index (χ0v) is 7.40. The first-order chi connectivity index (χ1) is 6.06. The summed E-state index contributed by atoms with van der Waals surface area (Å²) in [6, 6.07) is -0.821. The number of carbonyl (C=O) groups excluding carboxylic acids is 1. The van der Waals surface area contributed by atoms with Gasteiger partial charge in [0, 0.05) is 6.54 Å². The van der Waals surface area contributed by atoms with E-state index >= 15 is 0 Å². The number of urea groups is 1. The van der Waals surface area contributed by atoms with Crippen molar-refractivity contribution >= 4 is 6.03 Å². The SMILES string of the molecule is CN1C(O)NC(CN)C1NC(N)=O. The van der Waals surface area contributed by atoms with Gasteiger partial charge in [0.15, 0.2) is 6.35 Å². The van der Waals surface area contributed by atoms with E-state index < -0.39 is 12.4 Å². The average molecular weight is 189 g/mol. The fourth-order valence-electron chi connectivity index (χ4n) is 1.38. The first-order valence-corrected chi connectivity index (χ1v) is 3.98. The first-order valence-electron chi connectivity index (χ1n) is 3.98. The number of nitrogens with two attached hydrogens (primary N) is 2. The molecule has 0 saturated carbocycles. The van der Waals surface area contributed by atoms with E-state index in [4.69, 9.17) is 11.5 Å². The van der Waals surface area contributed by atoms with E-state index in [0.717, 1.165) is 0 Å². The number of amides is 2. The van der Waals surface area contributed by atoms with E-state index in [0.29, 0.717) is 6.54 Å². The Labute approximate surface area is 76.1 Å². The van der Waals surface area contributed by atoms with Crippen LogP contribution in [0.3, 0.4) is 0 Å². The molecule has 7 heteroatoms. The molecule has 2 amide bonds. The van der Waals surface area contributed by atoms with Gasteiger partial charge in [0.1, 0.15) is 6.17 Å². The van der Waals surface area contributed by atoms with Gasteiger partial charge in [0.05, 0.1) is 6.04 Å². The summed E-state index contributed by atoms with van der Waals surface area (Å²) in [5, 5.41) is 14.6. The molecular formula is C6H15N5O2. The molecule has 0 radical (unpaired) electrons. The largest absolute Gasteiger partial charge is 0.365 e. The number of aliphatic hydroxyl groups excluding tert-OH is 1. The monoisotopic (exact) mass is 189 g/mol. The molecule has 1 aliphatic rings. The summed E-state index contributed by atoms with van der Waals surface area (Å²) < 4.78 is 0. The quantitative estimate of drug-likeness (QED) is 0.320. The molecule has 1 fully saturated rings. The predicted molar refractivity (Wildman–Crippen MR) is 46.3 cm³/mol. The zero-order chi connectivity index (χ0) is 10.0. The summed E-state index contributed by atoms with van der Waals surface area (Å²) >= 11 is 0. The van der Waals surface area contributed by atoms with Gasteiger partial charge in [-0.1, -0.05) is 0 Å². The Morgan fingerprint density at radius 1 is 1.77 bits per heavy atom. The highest BCUT2D eigenvalue weighted by atomic mass is 16.3. The highest BCUT2D eigenvalue weighted by Gasteiger charge is 2.37. The third kappa shape index (κ3) is 2.07. The lowest BCUT2D eigenvalue weighted by atomic mass is 10.2. The van der Waals surface area contributed by atoms with Crippen LogP contribution < -0.4 is 22.1 Å². The van der Waals surface area contributed by atoms with Crippen LogP contribution in [-0.4, -0.2) is 48.2 Å². The Morgan fingerprint density at radius 2 is 2.38 bits per heavy atom. The van der Waals surface area contributed by atoms with E-state index in [1.165, 1.54) is 0 Å². The Hall–Kier alpha value is -0.890. The van der Waals surface area contributed by atoms with Gasteiger partial charge in [0.25, 0.3) is 0 Å². The number of rotatable bonds is 2. The van der Waals surface area contributed by atoms with Crippen molar-refractivity contribution in [1.82, 2.24) is 15.5 Å². The molecular weight excluding hydrogens is 174 g/mol. The predicted octanol–water partition coefficient (Wildman–Crippen LogP) is -2.88. The molecule has 76 valence electrons. The molecule has 0 aromatic rings. The van der Waals surface area contributed by atoms with Crippen molar-refractivity contribution in [3.05, 3.63) is 0 Å². The standard InChI is InChI=1S/C6H15N5O2/c1-11-4(10-5(8)12)3(2-7)9-6(11)13/h3-4,6,9,13H,2,7H2,1H3,(H3,8,10,12). The summed E-state index contributed by atoms with van der Waals surface area (Å²) in [6.07, 6.45) is -1.16. The maximum absolute atomic E-state index is 10.6. The van der Waals surface area contributed by atoms with Crippen molar-refractivity contribution in [3.63, 3.8) is 0 Å². The summed E-state index contributed by atoms with van der Waals surface area (Å²) in [5.41, 5.74) is 10.4. The van der Waals surface area contributed by atoms with Gasteiger partial charge >= 0.3 is 6.03 Å². The van der Waals surface area contributed by atoms with Gasteiger partial charge < -0.3 is 21.9 Å². The minimum atomic E-state index is -0.801. The number of primary amides is 1. The molecule has 1 aliphatic heterocycles. The summed E-state index contributed by atoms with van der Waals surface area (Å²) in [7, 11) is 1.66. The molecule has 13 heavy (non-hydrogen) atoms. The molecule has 7 N–H and O–H groups in total. The van der Waals surface area contributed by atoms with Crippen molar-refractivity contribution in [2.45, 2.75) is 18.6 Å². The van der Waals surface area contributed by atoms with E-state index in [9.17, 15) is 9.90 Å². The van der Waals surface area contributed by atoms with Gasteiger partial charge in [-0.05, 0) is 7.05 Å².